The molecule has 0 amide bonds. The summed E-state index contributed by atoms with van der Waals surface area (Å²) < 4.78 is 4.58. The number of nitrogens with zero attached hydrogens (tertiary/aromatic N) is 1. The van der Waals surface area contributed by atoms with Crippen LogP contribution in [0.5, 0.6) is 0 Å². The standard InChI is InChI=1S/C26H15Br2N/c27-20-10-8-16(9-11-20)19-12-17-6-7-18-13-21(28)15-24-26(18)25(17)23(14-19)29(24)22-4-2-1-3-5-22/h1-15H. The third-order valence-electron chi connectivity index (χ3n) is 5.63. The molecule has 1 nitrogen and oxygen atoms in total. The zero-order valence-corrected chi connectivity index (χ0v) is 18.5. The van der Waals surface area contributed by atoms with Crippen LogP contribution in [0.25, 0.3) is 49.4 Å². The Morgan fingerprint density at radius 2 is 1.17 bits per heavy atom. The first-order valence-electron chi connectivity index (χ1n) is 9.50. The Morgan fingerprint density at radius 3 is 1.90 bits per heavy atom. The molecule has 0 bridgehead atoms. The molecule has 0 aliphatic carbocycles. The molecular weight excluding hydrogens is 486 g/mol. The van der Waals surface area contributed by atoms with Crippen molar-refractivity contribution >= 4 is 64.4 Å². The Kier molecular flexibility index (Phi) is 3.84. The molecule has 29 heavy (non-hydrogen) atoms. The van der Waals surface area contributed by atoms with Gasteiger partial charge in [0.25, 0.3) is 0 Å². The largest absolute Gasteiger partial charge is 0.309 e. The summed E-state index contributed by atoms with van der Waals surface area (Å²) in [6.45, 7) is 0. The van der Waals surface area contributed by atoms with E-state index >= 15 is 0 Å². The number of halogens is 2. The summed E-state index contributed by atoms with van der Waals surface area (Å²) in [4.78, 5) is 0. The fourth-order valence-electron chi connectivity index (χ4n) is 4.40. The third-order valence-corrected chi connectivity index (χ3v) is 6.61. The zero-order valence-electron chi connectivity index (χ0n) is 15.4. The lowest BCUT2D eigenvalue weighted by Crippen LogP contribution is -1.93. The Morgan fingerprint density at radius 1 is 0.517 bits per heavy atom. The summed E-state index contributed by atoms with van der Waals surface area (Å²) in [5.74, 6) is 0. The van der Waals surface area contributed by atoms with E-state index in [1.54, 1.807) is 0 Å². The maximum absolute atomic E-state index is 3.72. The summed E-state index contributed by atoms with van der Waals surface area (Å²) in [6, 6.07) is 32.7. The molecule has 0 atom stereocenters. The highest BCUT2D eigenvalue weighted by molar-refractivity contribution is 9.10. The van der Waals surface area contributed by atoms with E-state index in [0.29, 0.717) is 0 Å². The second-order valence-corrected chi connectivity index (χ2v) is 9.19. The molecule has 0 radical (unpaired) electrons. The predicted octanol–water partition coefficient (Wildman–Crippen LogP) is 8.57. The van der Waals surface area contributed by atoms with E-state index in [0.717, 1.165) is 8.95 Å². The molecule has 1 heterocycles. The van der Waals surface area contributed by atoms with Crippen molar-refractivity contribution in [3.63, 3.8) is 0 Å². The van der Waals surface area contributed by atoms with Gasteiger partial charge in [-0.3, -0.25) is 0 Å². The molecule has 0 N–H and O–H groups in total. The Labute approximate surface area is 185 Å². The van der Waals surface area contributed by atoms with Gasteiger partial charge >= 0.3 is 0 Å². The highest BCUT2D eigenvalue weighted by atomic mass is 79.9. The van der Waals surface area contributed by atoms with Crippen LogP contribution >= 0.6 is 31.9 Å². The van der Waals surface area contributed by atoms with Gasteiger partial charge in [0.15, 0.2) is 0 Å². The SMILES string of the molecule is Brc1ccc(-c2cc3ccc4cc(Br)cc5c4c3c(c2)n5-c2ccccc2)cc1. The number of benzene rings is 5. The number of rotatable bonds is 2. The van der Waals surface area contributed by atoms with Gasteiger partial charge in [-0.05, 0) is 70.4 Å². The molecule has 6 aromatic rings. The number of para-hydroxylation sites is 1. The van der Waals surface area contributed by atoms with Crippen molar-refractivity contribution in [2.24, 2.45) is 0 Å². The molecule has 0 aliphatic rings. The van der Waals surface area contributed by atoms with Crippen LogP contribution in [0.1, 0.15) is 0 Å². The second kappa shape index (κ2) is 6.45. The Balaban J connectivity index is 1.80. The fraction of sp³-hybridized carbons (Fsp3) is 0. The van der Waals surface area contributed by atoms with Crippen molar-refractivity contribution < 1.29 is 0 Å². The van der Waals surface area contributed by atoms with Crippen molar-refractivity contribution in [3.8, 4) is 16.8 Å². The average Bonchev–Trinajstić information content (AvgIpc) is 3.07. The minimum atomic E-state index is 1.09. The van der Waals surface area contributed by atoms with Crippen LogP contribution in [0, 0.1) is 0 Å². The Hall–Kier alpha value is -2.62. The van der Waals surface area contributed by atoms with E-state index in [1.807, 2.05) is 0 Å². The molecule has 5 aromatic carbocycles. The first kappa shape index (κ1) is 17.3. The highest BCUT2D eigenvalue weighted by Crippen LogP contribution is 2.42. The van der Waals surface area contributed by atoms with Crippen LogP contribution in [0.2, 0.25) is 0 Å². The quantitative estimate of drug-likeness (QED) is 0.210. The van der Waals surface area contributed by atoms with Gasteiger partial charge in [-0.1, -0.05) is 74.3 Å². The molecule has 138 valence electrons. The van der Waals surface area contributed by atoms with Gasteiger partial charge in [-0.15, -0.1) is 0 Å². The molecular formula is C26H15Br2N. The van der Waals surface area contributed by atoms with Crippen molar-refractivity contribution in [2.75, 3.05) is 0 Å². The van der Waals surface area contributed by atoms with Gasteiger partial charge < -0.3 is 4.57 Å². The molecule has 0 saturated heterocycles. The van der Waals surface area contributed by atoms with Crippen LogP contribution in [0.4, 0.5) is 0 Å². The predicted molar refractivity (Wildman–Crippen MR) is 130 cm³/mol. The minimum absolute atomic E-state index is 1.09. The molecule has 6 rings (SSSR count). The van der Waals surface area contributed by atoms with Gasteiger partial charge in [-0.2, -0.15) is 0 Å². The molecule has 0 spiro atoms. The monoisotopic (exact) mass is 499 g/mol. The molecule has 0 fully saturated rings. The van der Waals surface area contributed by atoms with E-state index < -0.39 is 0 Å². The summed E-state index contributed by atoms with van der Waals surface area (Å²) in [7, 11) is 0. The van der Waals surface area contributed by atoms with Crippen LogP contribution in [0.15, 0.2) is 99.9 Å². The van der Waals surface area contributed by atoms with Crippen LogP contribution in [-0.2, 0) is 0 Å². The topological polar surface area (TPSA) is 4.93 Å². The van der Waals surface area contributed by atoms with Gasteiger partial charge in [0.1, 0.15) is 0 Å². The summed E-state index contributed by atoms with van der Waals surface area (Å²) in [6.07, 6.45) is 0. The van der Waals surface area contributed by atoms with Gasteiger partial charge in [0.05, 0.1) is 11.0 Å². The van der Waals surface area contributed by atoms with Crippen LogP contribution in [-0.4, -0.2) is 4.57 Å². The average molecular weight is 501 g/mol. The summed E-state index contributed by atoms with van der Waals surface area (Å²) in [5, 5.41) is 5.19. The molecule has 0 unspecified atom stereocenters. The number of hydrogen-bond acceptors (Lipinski definition) is 0. The van der Waals surface area contributed by atoms with Crippen LogP contribution < -0.4 is 0 Å². The highest BCUT2D eigenvalue weighted by Gasteiger charge is 2.18. The number of aromatic nitrogens is 1. The van der Waals surface area contributed by atoms with Crippen molar-refractivity contribution in [1.29, 1.82) is 0 Å². The molecule has 0 aliphatic heterocycles. The van der Waals surface area contributed by atoms with E-state index in [9.17, 15) is 0 Å². The van der Waals surface area contributed by atoms with E-state index in [4.69, 9.17) is 0 Å². The van der Waals surface area contributed by atoms with Gasteiger partial charge in [0, 0.05) is 25.4 Å². The second-order valence-electron chi connectivity index (χ2n) is 7.36. The smallest absolute Gasteiger partial charge is 0.0558 e. The summed E-state index contributed by atoms with van der Waals surface area (Å²) >= 11 is 7.26. The molecule has 0 saturated carbocycles. The van der Waals surface area contributed by atoms with Crippen molar-refractivity contribution in [3.05, 3.63) is 99.9 Å². The lowest BCUT2D eigenvalue weighted by Gasteiger charge is -2.09. The minimum Gasteiger partial charge on any atom is -0.309 e. The van der Waals surface area contributed by atoms with Crippen LogP contribution in [0.3, 0.4) is 0 Å². The third kappa shape index (κ3) is 2.65. The maximum Gasteiger partial charge on any atom is 0.0558 e. The van der Waals surface area contributed by atoms with Crippen molar-refractivity contribution in [2.45, 2.75) is 0 Å². The van der Waals surface area contributed by atoms with Gasteiger partial charge in [0.2, 0.25) is 0 Å². The van der Waals surface area contributed by atoms with E-state index in [-0.39, 0.29) is 0 Å². The Bertz CT molecular complexity index is 1500. The molecule has 3 heteroatoms. The van der Waals surface area contributed by atoms with Crippen molar-refractivity contribution in [1.82, 2.24) is 4.57 Å². The normalized spacial score (nSPS) is 11.8. The first-order valence-corrected chi connectivity index (χ1v) is 11.1. The summed E-state index contributed by atoms with van der Waals surface area (Å²) in [5.41, 5.74) is 6.10. The van der Waals surface area contributed by atoms with E-state index in [2.05, 4.69) is 127 Å². The van der Waals surface area contributed by atoms with E-state index in [1.165, 1.54) is 49.4 Å². The maximum atomic E-state index is 3.72. The zero-order chi connectivity index (χ0) is 19.5. The number of hydrogen-bond donors (Lipinski definition) is 0. The fourth-order valence-corrected chi connectivity index (χ4v) is 5.12. The lowest BCUT2D eigenvalue weighted by molar-refractivity contribution is 1.18. The van der Waals surface area contributed by atoms with Gasteiger partial charge in [-0.25, -0.2) is 0 Å². The lowest BCUT2D eigenvalue weighted by atomic mass is 9.97. The first-order chi connectivity index (χ1) is 14.2. The molecule has 1 aromatic heterocycles.